The number of carbonyl (C=O) groups is 4. The van der Waals surface area contributed by atoms with Gasteiger partial charge in [0.25, 0.3) is 0 Å². The van der Waals surface area contributed by atoms with Crippen molar-refractivity contribution in [3.05, 3.63) is 144 Å². The van der Waals surface area contributed by atoms with Crippen molar-refractivity contribution in [2.45, 2.75) is 147 Å². The summed E-state index contributed by atoms with van der Waals surface area (Å²) in [6, 6.07) is 38.9. The Bertz CT molecular complexity index is 2250. The molecule has 0 amide bonds. The molecule has 0 aromatic heterocycles. The average Bonchev–Trinajstić information content (AvgIpc) is 3.35. The minimum Gasteiger partial charge on any atom is -0.463 e. The Balaban J connectivity index is 1.25. The molecule has 0 aliphatic carbocycles. The molecule has 0 saturated carbocycles. The molecule has 382 valence electrons. The number of benzene rings is 4. The normalized spacial score (nSPS) is 28.5. The zero-order valence-corrected chi connectivity index (χ0v) is 40.6. The molecular weight excluding hydrogens is 921 g/mol. The Labute approximate surface area is 414 Å². The highest BCUT2D eigenvalue weighted by atomic mass is 16.8. The fraction of sp³-hybridized carbons (Fsp3) is 0.481. The van der Waals surface area contributed by atoms with E-state index in [-0.39, 0.29) is 46.1 Å². The maximum absolute atomic E-state index is 12.8. The highest BCUT2D eigenvalue weighted by Crippen LogP contribution is 2.37. The van der Waals surface area contributed by atoms with Crippen LogP contribution in [0.25, 0.3) is 0 Å². The van der Waals surface area contributed by atoms with E-state index in [9.17, 15) is 19.2 Å². The lowest BCUT2D eigenvalue weighted by molar-refractivity contribution is -0.363. The van der Waals surface area contributed by atoms with Gasteiger partial charge in [-0.05, 0) is 35.6 Å². The number of esters is 4. The Kier molecular flexibility index (Phi) is 20.0. The molecule has 4 aromatic carbocycles. The van der Waals surface area contributed by atoms with Gasteiger partial charge in [0, 0.05) is 34.3 Å². The smallest absolute Gasteiger partial charge is 0.303 e. The molecule has 0 radical (unpaired) electrons. The van der Waals surface area contributed by atoms with E-state index in [2.05, 4.69) is 0 Å². The first-order valence-electron chi connectivity index (χ1n) is 23.9. The van der Waals surface area contributed by atoms with Crippen LogP contribution in [0.3, 0.4) is 0 Å². The summed E-state index contributed by atoms with van der Waals surface area (Å²) in [5.41, 5.74) is 3.72. The van der Waals surface area contributed by atoms with Crippen LogP contribution in [0.15, 0.2) is 121 Å². The molecular formula is C54H64O17. The first kappa shape index (κ1) is 53.2. The molecule has 0 N–H and O–H groups in total. The van der Waals surface area contributed by atoms with Gasteiger partial charge in [0.05, 0.1) is 45.2 Å². The molecule has 71 heavy (non-hydrogen) atoms. The van der Waals surface area contributed by atoms with Crippen LogP contribution in [0.5, 0.6) is 0 Å². The molecule has 3 saturated heterocycles. The van der Waals surface area contributed by atoms with Gasteiger partial charge in [0.2, 0.25) is 0 Å². The van der Waals surface area contributed by atoms with E-state index >= 15 is 0 Å². The van der Waals surface area contributed by atoms with E-state index < -0.39 is 110 Å². The van der Waals surface area contributed by atoms with Gasteiger partial charge >= 0.3 is 23.9 Å². The minimum atomic E-state index is -1.51. The first-order chi connectivity index (χ1) is 34.4. The number of hydrogen-bond acceptors (Lipinski definition) is 17. The average molecular weight is 985 g/mol. The van der Waals surface area contributed by atoms with Crippen LogP contribution in [0.2, 0.25) is 0 Å². The Morgan fingerprint density at radius 2 is 0.930 bits per heavy atom. The SMILES string of the molecule is CC(=O)OC[C@H]1O[C@@H](O[C@@H]2CCO[C@H](COCc3ccccc3)[C@H]2O[C@@H]2O[C@@H](C)[C@@H](OCc3ccccc3)[C@@H](OCc3ccccc3)[C@@H]2OCc2ccccc2)[C@H](OC(C)=O)[C@@H](OC(C)=O)[C@H]1OC(C)=O. The molecule has 0 spiro atoms. The van der Waals surface area contributed by atoms with E-state index in [0.29, 0.717) is 0 Å². The second kappa shape index (κ2) is 26.7. The summed E-state index contributed by atoms with van der Waals surface area (Å²) >= 11 is 0. The third-order valence-corrected chi connectivity index (χ3v) is 12.0. The molecule has 3 heterocycles. The summed E-state index contributed by atoms with van der Waals surface area (Å²) in [5.74, 6) is -2.96. The van der Waals surface area contributed by atoms with Crippen molar-refractivity contribution in [2.24, 2.45) is 0 Å². The summed E-state index contributed by atoms with van der Waals surface area (Å²) in [6.07, 6.45) is -13.7. The minimum absolute atomic E-state index is 0.0343. The summed E-state index contributed by atoms with van der Waals surface area (Å²) in [7, 11) is 0. The predicted octanol–water partition coefficient (Wildman–Crippen LogP) is 6.35. The van der Waals surface area contributed by atoms with E-state index in [1.807, 2.05) is 128 Å². The third-order valence-electron chi connectivity index (χ3n) is 12.0. The number of hydrogen-bond donors (Lipinski definition) is 0. The first-order valence-corrected chi connectivity index (χ1v) is 23.9. The van der Waals surface area contributed by atoms with Crippen LogP contribution < -0.4 is 0 Å². The van der Waals surface area contributed by atoms with E-state index in [1.54, 1.807) is 0 Å². The third kappa shape index (κ3) is 15.7. The van der Waals surface area contributed by atoms with Crippen LogP contribution in [-0.4, -0.2) is 123 Å². The Morgan fingerprint density at radius 1 is 0.465 bits per heavy atom. The topological polar surface area (TPSA) is 188 Å². The number of ether oxygens (including phenoxy) is 13. The maximum atomic E-state index is 12.8. The molecule has 17 nitrogen and oxygen atoms in total. The lowest BCUT2D eigenvalue weighted by Crippen LogP contribution is -2.65. The van der Waals surface area contributed by atoms with Crippen molar-refractivity contribution >= 4 is 23.9 Å². The highest BCUT2D eigenvalue weighted by Gasteiger charge is 2.55. The molecule has 3 aliphatic rings. The van der Waals surface area contributed by atoms with Crippen LogP contribution in [-0.2, 0) is 107 Å². The predicted molar refractivity (Wildman–Crippen MR) is 252 cm³/mol. The van der Waals surface area contributed by atoms with Crippen molar-refractivity contribution in [3.8, 4) is 0 Å². The van der Waals surface area contributed by atoms with Gasteiger partial charge in [-0.15, -0.1) is 0 Å². The second-order valence-corrected chi connectivity index (χ2v) is 17.5. The zero-order chi connectivity index (χ0) is 50.1. The molecule has 3 fully saturated rings. The second-order valence-electron chi connectivity index (χ2n) is 17.5. The van der Waals surface area contributed by atoms with Crippen molar-refractivity contribution in [2.75, 3.05) is 19.8 Å². The van der Waals surface area contributed by atoms with Crippen molar-refractivity contribution < 1.29 is 80.8 Å². The number of rotatable bonds is 22. The fourth-order valence-electron chi connectivity index (χ4n) is 8.77. The molecule has 3 aliphatic heterocycles. The fourth-order valence-corrected chi connectivity index (χ4v) is 8.77. The standard InChI is InChI=1S/C54H64O17/c1-34-46(62-29-40-20-12-7-13-21-40)49(63-30-41-22-14-8-15-23-41)51(64-31-42-24-16-9-17-25-42)53(65-34)71-47-43(26-27-60-44(47)32-59-28-39-18-10-6-11-19-39)69-54-52(68-38(5)58)50(67-37(4)57)48(66-36(3)56)45(70-54)33-61-35(2)55/h6-25,34,43-54H,26-33H2,1-5H3/t34-,43+,44+,45+,46+,47-,48-,49+,50-,51-,52+,53-,54+/m0/s1. The lowest BCUT2D eigenvalue weighted by atomic mass is 9.96. The van der Waals surface area contributed by atoms with Crippen LogP contribution in [0.4, 0.5) is 0 Å². The summed E-state index contributed by atoms with van der Waals surface area (Å²) in [5, 5.41) is 0. The van der Waals surface area contributed by atoms with Crippen LogP contribution in [0, 0.1) is 0 Å². The largest absolute Gasteiger partial charge is 0.463 e. The Hall–Kier alpha value is -5.60. The van der Waals surface area contributed by atoms with Crippen LogP contribution in [0.1, 0.15) is 63.3 Å². The van der Waals surface area contributed by atoms with Crippen molar-refractivity contribution in [3.63, 3.8) is 0 Å². The van der Waals surface area contributed by atoms with Gasteiger partial charge in [-0.1, -0.05) is 121 Å². The number of carbonyl (C=O) groups excluding carboxylic acids is 4. The van der Waals surface area contributed by atoms with Gasteiger partial charge in [-0.3, -0.25) is 19.2 Å². The van der Waals surface area contributed by atoms with Crippen molar-refractivity contribution in [1.29, 1.82) is 0 Å². The monoisotopic (exact) mass is 984 g/mol. The van der Waals surface area contributed by atoms with Crippen molar-refractivity contribution in [1.82, 2.24) is 0 Å². The molecule has 4 aromatic rings. The molecule has 17 heteroatoms. The highest BCUT2D eigenvalue weighted by molar-refractivity contribution is 5.68. The lowest BCUT2D eigenvalue weighted by Gasteiger charge is -2.49. The molecule has 13 atom stereocenters. The molecule has 0 unspecified atom stereocenters. The summed E-state index contributed by atoms with van der Waals surface area (Å²) in [4.78, 5) is 50.1. The maximum Gasteiger partial charge on any atom is 0.303 e. The van der Waals surface area contributed by atoms with E-state index in [4.69, 9.17) is 61.6 Å². The van der Waals surface area contributed by atoms with E-state index in [1.165, 1.54) is 13.8 Å². The van der Waals surface area contributed by atoms with Gasteiger partial charge in [-0.25, -0.2) is 0 Å². The van der Waals surface area contributed by atoms with Crippen LogP contribution >= 0.6 is 0 Å². The van der Waals surface area contributed by atoms with Gasteiger partial charge in [-0.2, -0.15) is 0 Å². The quantitative estimate of drug-likeness (QED) is 0.0626. The molecule has 7 rings (SSSR count). The van der Waals surface area contributed by atoms with Gasteiger partial charge in [0.1, 0.15) is 43.2 Å². The van der Waals surface area contributed by atoms with Gasteiger partial charge in [0.15, 0.2) is 30.9 Å². The Morgan fingerprint density at radius 3 is 1.45 bits per heavy atom. The van der Waals surface area contributed by atoms with Gasteiger partial charge < -0.3 is 61.6 Å². The zero-order valence-electron chi connectivity index (χ0n) is 40.6. The summed E-state index contributed by atoms with van der Waals surface area (Å²) < 4.78 is 82.8. The summed E-state index contributed by atoms with van der Waals surface area (Å²) in [6.45, 7) is 7.24. The molecule has 0 bridgehead atoms. The van der Waals surface area contributed by atoms with E-state index in [0.717, 1.165) is 36.1 Å².